The zero-order valence-electron chi connectivity index (χ0n) is 19.5. The smallest absolute Gasteiger partial charge is 0.266 e. The number of rotatable bonds is 7. The molecule has 0 aliphatic heterocycles. The number of ether oxygens (including phenoxy) is 1. The summed E-state index contributed by atoms with van der Waals surface area (Å²) in [7, 11) is -4.45. The number of hydrogen-bond acceptors (Lipinski definition) is 7. The summed E-state index contributed by atoms with van der Waals surface area (Å²) in [5, 5.41) is 1.41. The first-order chi connectivity index (χ1) is 18.2. The van der Waals surface area contributed by atoms with Crippen molar-refractivity contribution in [2.24, 2.45) is 0 Å². The maximum atomic E-state index is 15.0. The maximum absolute atomic E-state index is 15.0. The van der Waals surface area contributed by atoms with Crippen LogP contribution in [-0.2, 0) is 10.0 Å². The third kappa shape index (κ3) is 5.22. The minimum Gasteiger partial charge on any atom is -0.452 e. The van der Waals surface area contributed by atoms with Crippen LogP contribution in [0.2, 0.25) is 0 Å². The predicted molar refractivity (Wildman–Crippen MR) is 137 cm³/mol. The molecule has 7 nitrogen and oxygen atoms in total. The SMILES string of the molecule is Cc1ccc(-c2cc(-c3cccnc3)c(Oc3cc(F)c(S(=O)(=O)Nc4cscn4)cc3F)cn2)cc1F. The largest absolute Gasteiger partial charge is 0.452 e. The van der Waals surface area contributed by atoms with Gasteiger partial charge in [0.2, 0.25) is 0 Å². The van der Waals surface area contributed by atoms with Crippen molar-refractivity contribution in [2.75, 3.05) is 4.72 Å². The number of aryl methyl sites for hydroxylation is 1. The zero-order chi connectivity index (χ0) is 26.9. The van der Waals surface area contributed by atoms with Crippen molar-refractivity contribution in [3.05, 3.63) is 101 Å². The standard InChI is InChI=1S/C26H17F3N4O3S2/c1-15-4-5-16(7-19(15)27)22-8-18(17-3-2-6-30-11-17)24(12-31-22)36-23-9-21(29)25(10-20(23)28)38(34,35)33-26-13-37-14-32-26/h2-14,33H,1H3. The molecule has 3 heterocycles. The number of nitrogens with zero attached hydrogens (tertiary/aromatic N) is 3. The van der Waals surface area contributed by atoms with Crippen molar-refractivity contribution < 1.29 is 26.3 Å². The second-order valence-corrected chi connectivity index (χ2v) is 10.4. The van der Waals surface area contributed by atoms with Gasteiger partial charge in [0, 0.05) is 46.6 Å². The highest BCUT2D eigenvalue weighted by Gasteiger charge is 2.24. The lowest BCUT2D eigenvalue weighted by Gasteiger charge is -2.14. The normalized spacial score (nSPS) is 11.4. The fourth-order valence-corrected chi connectivity index (χ4v) is 5.18. The van der Waals surface area contributed by atoms with Gasteiger partial charge in [-0.05, 0) is 30.7 Å². The predicted octanol–water partition coefficient (Wildman–Crippen LogP) is 6.59. The highest BCUT2D eigenvalue weighted by Crippen LogP contribution is 2.37. The van der Waals surface area contributed by atoms with Crippen molar-refractivity contribution in [2.45, 2.75) is 11.8 Å². The third-order valence-corrected chi connectivity index (χ3v) is 7.43. The first kappa shape index (κ1) is 25.4. The van der Waals surface area contributed by atoms with Crippen LogP contribution >= 0.6 is 11.3 Å². The summed E-state index contributed by atoms with van der Waals surface area (Å²) < 4.78 is 77.0. The second kappa shape index (κ2) is 10.2. The van der Waals surface area contributed by atoms with E-state index in [1.807, 2.05) is 0 Å². The number of aromatic nitrogens is 3. The van der Waals surface area contributed by atoms with Gasteiger partial charge in [0.05, 0.1) is 17.4 Å². The van der Waals surface area contributed by atoms with Gasteiger partial charge in [-0.3, -0.25) is 14.7 Å². The maximum Gasteiger partial charge on any atom is 0.266 e. The molecule has 192 valence electrons. The van der Waals surface area contributed by atoms with Crippen molar-refractivity contribution in [3.8, 4) is 33.9 Å². The van der Waals surface area contributed by atoms with Crippen LogP contribution in [0.1, 0.15) is 5.56 Å². The fourth-order valence-electron chi connectivity index (χ4n) is 3.55. The van der Waals surface area contributed by atoms with Gasteiger partial charge < -0.3 is 4.74 Å². The molecule has 0 spiro atoms. The van der Waals surface area contributed by atoms with E-state index in [1.165, 1.54) is 23.2 Å². The van der Waals surface area contributed by atoms with E-state index in [0.29, 0.717) is 40.1 Å². The summed E-state index contributed by atoms with van der Waals surface area (Å²) in [6, 6.07) is 10.9. The van der Waals surface area contributed by atoms with Crippen molar-refractivity contribution in [3.63, 3.8) is 0 Å². The first-order valence-electron chi connectivity index (χ1n) is 11.0. The van der Waals surface area contributed by atoms with Crippen LogP contribution in [0.4, 0.5) is 19.0 Å². The molecule has 0 bridgehead atoms. The van der Waals surface area contributed by atoms with E-state index < -0.39 is 38.1 Å². The van der Waals surface area contributed by atoms with Crippen LogP contribution < -0.4 is 9.46 Å². The Morgan fingerprint density at radius 1 is 0.895 bits per heavy atom. The Labute approximate surface area is 219 Å². The molecule has 1 N–H and O–H groups in total. The van der Waals surface area contributed by atoms with E-state index in [0.717, 1.165) is 11.3 Å². The number of hydrogen-bond donors (Lipinski definition) is 1. The van der Waals surface area contributed by atoms with Gasteiger partial charge in [0.25, 0.3) is 10.0 Å². The van der Waals surface area contributed by atoms with E-state index in [-0.39, 0.29) is 11.6 Å². The number of sulfonamides is 1. The van der Waals surface area contributed by atoms with Gasteiger partial charge in [-0.1, -0.05) is 18.2 Å². The molecule has 2 aromatic carbocycles. The molecule has 38 heavy (non-hydrogen) atoms. The molecule has 5 aromatic rings. The molecule has 0 amide bonds. The topological polar surface area (TPSA) is 94.1 Å². The lowest BCUT2D eigenvalue weighted by Crippen LogP contribution is -2.15. The minimum absolute atomic E-state index is 0.0177. The molecule has 0 aliphatic carbocycles. The average Bonchev–Trinajstić information content (AvgIpc) is 3.40. The van der Waals surface area contributed by atoms with Crippen molar-refractivity contribution >= 4 is 27.2 Å². The number of thiazole rings is 1. The highest BCUT2D eigenvalue weighted by atomic mass is 32.2. The van der Waals surface area contributed by atoms with Crippen LogP contribution in [0.5, 0.6) is 11.5 Å². The zero-order valence-corrected chi connectivity index (χ0v) is 21.2. The van der Waals surface area contributed by atoms with Crippen LogP contribution in [0, 0.1) is 24.4 Å². The molecule has 12 heteroatoms. The Hall–Kier alpha value is -4.29. The van der Waals surface area contributed by atoms with E-state index in [4.69, 9.17) is 4.74 Å². The van der Waals surface area contributed by atoms with E-state index >= 15 is 4.39 Å². The van der Waals surface area contributed by atoms with E-state index in [9.17, 15) is 17.2 Å². The summed E-state index contributed by atoms with van der Waals surface area (Å²) in [5.41, 5.74) is 3.78. The number of nitrogens with one attached hydrogen (secondary N) is 1. The fraction of sp³-hybridized carbons (Fsp3) is 0.0385. The summed E-state index contributed by atoms with van der Waals surface area (Å²) >= 11 is 1.13. The Balaban J connectivity index is 1.53. The quantitative estimate of drug-likeness (QED) is 0.244. The van der Waals surface area contributed by atoms with Crippen LogP contribution in [-0.4, -0.2) is 23.4 Å². The lowest BCUT2D eigenvalue weighted by atomic mass is 10.0. The summed E-state index contributed by atoms with van der Waals surface area (Å²) in [6.45, 7) is 1.64. The molecule has 5 rings (SSSR count). The molecule has 0 atom stereocenters. The van der Waals surface area contributed by atoms with Crippen molar-refractivity contribution in [1.82, 2.24) is 15.0 Å². The summed E-state index contributed by atoms with van der Waals surface area (Å²) in [4.78, 5) is 11.3. The van der Waals surface area contributed by atoms with E-state index in [1.54, 1.807) is 49.6 Å². The molecule has 0 unspecified atom stereocenters. The van der Waals surface area contributed by atoms with Gasteiger partial charge in [-0.2, -0.15) is 0 Å². The number of anilines is 1. The molecule has 0 fully saturated rings. The monoisotopic (exact) mass is 554 g/mol. The average molecular weight is 555 g/mol. The third-order valence-electron chi connectivity index (χ3n) is 5.47. The Bertz CT molecular complexity index is 1730. The molecule has 0 aliphatic rings. The highest BCUT2D eigenvalue weighted by molar-refractivity contribution is 7.92. The molecule has 0 saturated carbocycles. The first-order valence-corrected chi connectivity index (χ1v) is 13.4. The van der Waals surface area contributed by atoms with Crippen LogP contribution in [0.3, 0.4) is 0 Å². The number of pyridine rings is 2. The summed E-state index contributed by atoms with van der Waals surface area (Å²) in [5.74, 6) is -3.28. The van der Waals surface area contributed by atoms with Gasteiger partial charge in [0.15, 0.2) is 23.1 Å². The molecule has 3 aromatic heterocycles. The molecular formula is C26H17F3N4O3S2. The number of benzene rings is 2. The van der Waals surface area contributed by atoms with Gasteiger partial charge in [-0.25, -0.2) is 26.6 Å². The minimum atomic E-state index is -4.45. The van der Waals surface area contributed by atoms with Crippen LogP contribution in [0.25, 0.3) is 22.4 Å². The van der Waals surface area contributed by atoms with Crippen LogP contribution in [0.15, 0.2) is 82.9 Å². The summed E-state index contributed by atoms with van der Waals surface area (Å²) in [6.07, 6.45) is 4.40. The molecule has 0 radical (unpaired) electrons. The van der Waals surface area contributed by atoms with Gasteiger partial charge >= 0.3 is 0 Å². The number of halogens is 3. The van der Waals surface area contributed by atoms with E-state index in [2.05, 4.69) is 19.7 Å². The Kier molecular flexibility index (Phi) is 6.83. The molecular weight excluding hydrogens is 537 g/mol. The van der Waals surface area contributed by atoms with Crippen molar-refractivity contribution in [1.29, 1.82) is 0 Å². The van der Waals surface area contributed by atoms with Gasteiger partial charge in [-0.15, -0.1) is 11.3 Å². The second-order valence-electron chi connectivity index (χ2n) is 8.07. The Morgan fingerprint density at radius 3 is 2.45 bits per heavy atom. The lowest BCUT2D eigenvalue weighted by molar-refractivity contribution is 0.432. The van der Waals surface area contributed by atoms with Gasteiger partial charge in [0.1, 0.15) is 16.5 Å². The Morgan fingerprint density at radius 2 is 1.74 bits per heavy atom. The molecule has 0 saturated heterocycles.